The predicted octanol–water partition coefficient (Wildman–Crippen LogP) is 6.09. The second kappa shape index (κ2) is 6.98. The van der Waals surface area contributed by atoms with Gasteiger partial charge in [-0.3, -0.25) is 0 Å². The third-order valence-corrected chi connectivity index (χ3v) is 5.04. The van der Waals surface area contributed by atoms with Crippen molar-refractivity contribution in [3.05, 3.63) is 57.6 Å². The van der Waals surface area contributed by atoms with E-state index < -0.39 is 0 Å². The van der Waals surface area contributed by atoms with Crippen LogP contribution in [0.4, 0.5) is 0 Å². The molecule has 0 aliphatic carbocycles. The van der Waals surface area contributed by atoms with E-state index in [0.29, 0.717) is 11.5 Å². The number of benzene rings is 2. The van der Waals surface area contributed by atoms with Crippen molar-refractivity contribution in [2.24, 2.45) is 0 Å². The number of phenols is 2. The Morgan fingerprint density at radius 1 is 0.615 bits per heavy atom. The molecule has 0 saturated heterocycles. The van der Waals surface area contributed by atoms with E-state index in [2.05, 4.69) is 65.8 Å². The Morgan fingerprint density at radius 3 is 1.19 bits per heavy atom. The molecule has 0 fully saturated rings. The van der Waals surface area contributed by atoms with Crippen molar-refractivity contribution < 1.29 is 10.2 Å². The fourth-order valence-corrected chi connectivity index (χ4v) is 3.43. The van der Waals surface area contributed by atoms with E-state index in [1.807, 2.05) is 13.8 Å². The fourth-order valence-electron chi connectivity index (χ4n) is 3.43. The number of phenolic OH excluding ortho intramolecular Hbond substituents is 2. The number of hydrogen-bond donors (Lipinski definition) is 2. The van der Waals surface area contributed by atoms with Gasteiger partial charge in [0.15, 0.2) is 0 Å². The topological polar surface area (TPSA) is 40.5 Å². The minimum atomic E-state index is -0.0839. The van der Waals surface area contributed by atoms with E-state index in [1.165, 1.54) is 11.1 Å². The third kappa shape index (κ3) is 4.41. The molecule has 2 aromatic carbocycles. The minimum Gasteiger partial charge on any atom is -0.507 e. The predicted molar refractivity (Wildman–Crippen MR) is 110 cm³/mol. The number of rotatable bonds is 3. The zero-order valence-electron chi connectivity index (χ0n) is 17.6. The third-order valence-electron chi connectivity index (χ3n) is 5.04. The average molecular weight is 355 g/mol. The monoisotopic (exact) mass is 354 g/mol. The van der Waals surface area contributed by atoms with Gasteiger partial charge in [0.05, 0.1) is 0 Å². The maximum atomic E-state index is 10.4. The molecule has 2 N–H and O–H groups in total. The van der Waals surface area contributed by atoms with E-state index in [9.17, 15) is 10.2 Å². The van der Waals surface area contributed by atoms with Crippen molar-refractivity contribution in [1.29, 1.82) is 0 Å². The van der Waals surface area contributed by atoms with Crippen LogP contribution in [-0.4, -0.2) is 10.2 Å². The van der Waals surface area contributed by atoms with Crippen LogP contribution in [0.25, 0.3) is 0 Å². The lowest BCUT2D eigenvalue weighted by Crippen LogP contribution is -2.13. The summed E-state index contributed by atoms with van der Waals surface area (Å²) >= 11 is 0. The van der Waals surface area contributed by atoms with Crippen molar-refractivity contribution in [1.82, 2.24) is 0 Å². The summed E-state index contributed by atoms with van der Waals surface area (Å²) in [4.78, 5) is 0. The number of aromatic hydroxyl groups is 2. The highest BCUT2D eigenvalue weighted by atomic mass is 16.3. The minimum absolute atomic E-state index is 0.0839. The van der Waals surface area contributed by atoms with Gasteiger partial charge in [-0.15, -0.1) is 0 Å². The van der Waals surface area contributed by atoms with E-state index >= 15 is 0 Å². The normalized spacial score (nSPS) is 12.5. The van der Waals surface area contributed by atoms with Crippen LogP contribution in [0.3, 0.4) is 0 Å². The maximum Gasteiger partial charge on any atom is 0.122 e. The molecule has 0 amide bonds. The summed E-state index contributed by atoms with van der Waals surface area (Å²) in [5, 5.41) is 20.8. The standard InChI is InChI=1S/C24H34O2/c1-15-11-17(13-19(21(15)25)23(3,4)5)9-10-18-12-16(2)22(26)20(14-18)24(6,7)8/h11-14,25-26H,9-10H2,1-8H3. The Hall–Kier alpha value is -1.96. The van der Waals surface area contributed by atoms with Crippen molar-refractivity contribution in [2.45, 2.75) is 79.1 Å². The number of hydrogen-bond acceptors (Lipinski definition) is 2. The van der Waals surface area contributed by atoms with Gasteiger partial charge in [0.1, 0.15) is 11.5 Å². The molecule has 0 unspecified atom stereocenters. The molecule has 2 aromatic rings. The lowest BCUT2D eigenvalue weighted by atomic mass is 9.82. The van der Waals surface area contributed by atoms with E-state index in [-0.39, 0.29) is 10.8 Å². The quantitative estimate of drug-likeness (QED) is 0.699. The van der Waals surface area contributed by atoms with Gasteiger partial charge in [0.25, 0.3) is 0 Å². The Morgan fingerprint density at radius 2 is 0.923 bits per heavy atom. The Kier molecular flexibility index (Phi) is 5.46. The molecule has 26 heavy (non-hydrogen) atoms. The van der Waals surface area contributed by atoms with Crippen LogP contribution in [0, 0.1) is 13.8 Å². The van der Waals surface area contributed by atoms with Gasteiger partial charge in [-0.25, -0.2) is 0 Å². The van der Waals surface area contributed by atoms with Crippen LogP contribution in [0.1, 0.15) is 74.9 Å². The molecule has 0 aliphatic rings. The van der Waals surface area contributed by atoms with Gasteiger partial charge < -0.3 is 10.2 Å². The van der Waals surface area contributed by atoms with Gasteiger partial charge in [-0.2, -0.15) is 0 Å². The second-order valence-corrected chi connectivity index (χ2v) is 9.62. The van der Waals surface area contributed by atoms with Gasteiger partial charge >= 0.3 is 0 Å². The Bertz CT molecular complexity index is 733. The van der Waals surface area contributed by atoms with Gasteiger partial charge in [-0.1, -0.05) is 65.8 Å². The highest BCUT2D eigenvalue weighted by molar-refractivity contribution is 5.48. The Labute approximate surface area is 158 Å². The largest absolute Gasteiger partial charge is 0.507 e. The van der Waals surface area contributed by atoms with Crippen molar-refractivity contribution in [2.75, 3.05) is 0 Å². The lowest BCUT2D eigenvalue weighted by molar-refractivity contribution is 0.441. The molecule has 2 rings (SSSR count). The first-order valence-electron chi connectivity index (χ1n) is 9.46. The summed E-state index contributed by atoms with van der Waals surface area (Å²) in [5.41, 5.74) is 6.20. The molecular weight excluding hydrogens is 320 g/mol. The highest BCUT2D eigenvalue weighted by Gasteiger charge is 2.21. The smallest absolute Gasteiger partial charge is 0.122 e. The Balaban J connectivity index is 2.33. The van der Waals surface area contributed by atoms with Crippen molar-refractivity contribution in [3.8, 4) is 11.5 Å². The highest BCUT2D eigenvalue weighted by Crippen LogP contribution is 2.36. The molecule has 0 aromatic heterocycles. The zero-order valence-corrected chi connectivity index (χ0v) is 17.6. The zero-order chi connectivity index (χ0) is 19.9. The van der Waals surface area contributed by atoms with Gasteiger partial charge in [0, 0.05) is 0 Å². The van der Waals surface area contributed by atoms with Gasteiger partial charge in [0.2, 0.25) is 0 Å². The summed E-state index contributed by atoms with van der Waals surface area (Å²) in [7, 11) is 0. The first kappa shape index (κ1) is 20.4. The van der Waals surface area contributed by atoms with E-state index in [4.69, 9.17) is 0 Å². The molecule has 0 bridgehead atoms. The summed E-state index contributed by atoms with van der Waals surface area (Å²) in [6.45, 7) is 16.7. The van der Waals surface area contributed by atoms with Crippen LogP contribution in [0.2, 0.25) is 0 Å². The number of aryl methyl sites for hydroxylation is 4. The van der Waals surface area contributed by atoms with Crippen LogP contribution in [0.5, 0.6) is 11.5 Å². The molecule has 0 spiro atoms. The van der Waals surface area contributed by atoms with Crippen LogP contribution >= 0.6 is 0 Å². The van der Waals surface area contributed by atoms with Crippen LogP contribution in [0.15, 0.2) is 24.3 Å². The summed E-state index contributed by atoms with van der Waals surface area (Å²) in [6.07, 6.45) is 1.83. The summed E-state index contributed by atoms with van der Waals surface area (Å²) < 4.78 is 0. The average Bonchev–Trinajstić information content (AvgIpc) is 2.49. The first-order valence-corrected chi connectivity index (χ1v) is 9.46. The molecule has 0 radical (unpaired) electrons. The molecule has 2 heteroatoms. The molecule has 2 nitrogen and oxygen atoms in total. The van der Waals surface area contributed by atoms with E-state index in [1.54, 1.807) is 0 Å². The maximum absolute atomic E-state index is 10.4. The fraction of sp³-hybridized carbons (Fsp3) is 0.500. The molecule has 142 valence electrons. The molecule has 0 heterocycles. The summed E-state index contributed by atoms with van der Waals surface area (Å²) in [5.74, 6) is 0.827. The SMILES string of the molecule is Cc1cc(CCc2cc(C)c(O)c(C(C)(C)C)c2)cc(C(C)(C)C)c1O. The second-order valence-electron chi connectivity index (χ2n) is 9.62. The van der Waals surface area contributed by atoms with Crippen LogP contribution in [-0.2, 0) is 23.7 Å². The van der Waals surface area contributed by atoms with Crippen molar-refractivity contribution >= 4 is 0 Å². The summed E-state index contributed by atoms with van der Waals surface area (Å²) in [6, 6.07) is 8.45. The van der Waals surface area contributed by atoms with E-state index in [0.717, 1.165) is 35.1 Å². The lowest BCUT2D eigenvalue weighted by Gasteiger charge is -2.23. The van der Waals surface area contributed by atoms with Gasteiger partial charge in [-0.05, 0) is 70.9 Å². The molecule has 0 atom stereocenters. The molecule has 0 saturated carbocycles. The van der Waals surface area contributed by atoms with Crippen LogP contribution < -0.4 is 0 Å². The molecular formula is C24H34O2. The first-order chi connectivity index (χ1) is 11.8. The van der Waals surface area contributed by atoms with Crippen molar-refractivity contribution in [3.63, 3.8) is 0 Å². The molecule has 0 aliphatic heterocycles.